The first-order valence-electron chi connectivity index (χ1n) is 6.43. The highest BCUT2D eigenvalue weighted by atomic mass is 35.5. The van der Waals surface area contributed by atoms with Gasteiger partial charge in [-0.3, -0.25) is 9.59 Å². The van der Waals surface area contributed by atoms with Crippen LogP contribution >= 0.6 is 11.6 Å². The van der Waals surface area contributed by atoms with Crippen LogP contribution in [-0.4, -0.2) is 31.6 Å². The molecular formula is C14H18ClNO4. The molecule has 20 heavy (non-hydrogen) atoms. The van der Waals surface area contributed by atoms with Crippen LogP contribution < -0.4 is 10.1 Å². The second-order valence-electron chi connectivity index (χ2n) is 3.98. The second-order valence-corrected chi connectivity index (χ2v) is 4.38. The van der Waals surface area contributed by atoms with Crippen molar-refractivity contribution in [3.05, 3.63) is 29.3 Å². The summed E-state index contributed by atoms with van der Waals surface area (Å²) in [4.78, 5) is 22.6. The maximum absolute atomic E-state index is 11.5. The molecule has 0 saturated heterocycles. The van der Waals surface area contributed by atoms with Gasteiger partial charge in [0.05, 0.1) is 11.6 Å². The number of hydrogen-bond acceptors (Lipinski definition) is 4. The zero-order chi connectivity index (χ0) is 14.8. The Morgan fingerprint density at radius 1 is 1.30 bits per heavy atom. The number of rotatable bonds is 8. The summed E-state index contributed by atoms with van der Waals surface area (Å²) in [6.07, 6.45) is 0.830. The largest absolute Gasteiger partial charge is 0.482 e. The summed E-state index contributed by atoms with van der Waals surface area (Å²) in [5, 5.41) is 3.12. The Labute approximate surface area is 123 Å². The first-order valence-corrected chi connectivity index (χ1v) is 6.81. The summed E-state index contributed by atoms with van der Waals surface area (Å²) in [5.74, 6) is -0.0429. The summed E-state index contributed by atoms with van der Waals surface area (Å²) in [5.41, 5.74) is 0. The molecule has 1 aromatic carbocycles. The van der Waals surface area contributed by atoms with Crippen molar-refractivity contribution in [1.82, 2.24) is 5.32 Å². The van der Waals surface area contributed by atoms with E-state index in [0.717, 1.165) is 0 Å². The lowest BCUT2D eigenvalue weighted by molar-refractivity contribution is -0.143. The molecule has 0 unspecified atom stereocenters. The summed E-state index contributed by atoms with van der Waals surface area (Å²) in [7, 11) is 0. The van der Waals surface area contributed by atoms with Gasteiger partial charge >= 0.3 is 5.97 Å². The topological polar surface area (TPSA) is 64.6 Å². The highest BCUT2D eigenvalue weighted by molar-refractivity contribution is 6.32. The van der Waals surface area contributed by atoms with Crippen molar-refractivity contribution in [2.45, 2.75) is 19.8 Å². The number of esters is 1. The van der Waals surface area contributed by atoms with Gasteiger partial charge < -0.3 is 14.8 Å². The maximum atomic E-state index is 11.5. The normalized spacial score (nSPS) is 9.90. The molecule has 1 amide bonds. The third-order valence-electron chi connectivity index (χ3n) is 2.38. The minimum Gasteiger partial charge on any atom is -0.482 e. The molecule has 0 bridgehead atoms. The first kappa shape index (κ1) is 16.3. The molecule has 0 aliphatic carbocycles. The molecule has 0 aliphatic rings. The Kier molecular flexibility index (Phi) is 7.50. The molecule has 0 spiro atoms. The maximum Gasteiger partial charge on any atom is 0.305 e. The van der Waals surface area contributed by atoms with Crippen LogP contribution in [0.4, 0.5) is 0 Å². The van der Waals surface area contributed by atoms with Gasteiger partial charge in [0.15, 0.2) is 6.61 Å². The molecule has 1 N–H and O–H groups in total. The summed E-state index contributed by atoms with van der Waals surface area (Å²) >= 11 is 5.89. The number of amides is 1. The van der Waals surface area contributed by atoms with Gasteiger partial charge in [-0.15, -0.1) is 0 Å². The van der Waals surface area contributed by atoms with Crippen LogP contribution in [0, 0.1) is 0 Å². The van der Waals surface area contributed by atoms with Crippen molar-refractivity contribution in [2.75, 3.05) is 19.8 Å². The molecule has 0 heterocycles. The predicted octanol–water partition coefficient (Wildman–Crippen LogP) is 2.18. The molecule has 0 aliphatic heterocycles. The van der Waals surface area contributed by atoms with Gasteiger partial charge in [0.1, 0.15) is 5.75 Å². The molecule has 0 aromatic heterocycles. The molecule has 6 heteroatoms. The minimum atomic E-state index is -0.256. The number of benzene rings is 1. The fourth-order valence-electron chi connectivity index (χ4n) is 1.45. The van der Waals surface area contributed by atoms with Crippen LogP contribution in [-0.2, 0) is 14.3 Å². The number of carbonyl (C=O) groups is 2. The Morgan fingerprint density at radius 2 is 2.05 bits per heavy atom. The van der Waals surface area contributed by atoms with Gasteiger partial charge in [0.25, 0.3) is 5.91 Å². The fraction of sp³-hybridized carbons (Fsp3) is 0.429. The van der Waals surface area contributed by atoms with Crippen LogP contribution in [0.15, 0.2) is 24.3 Å². The summed E-state index contributed by atoms with van der Waals surface area (Å²) < 4.78 is 10.1. The standard InChI is InChI=1S/C14H18ClNO4/c1-2-19-14(18)8-5-9-16-13(17)10-20-12-7-4-3-6-11(12)15/h3-4,6-7H,2,5,8-10H2,1H3,(H,16,17). The van der Waals surface area contributed by atoms with E-state index in [9.17, 15) is 9.59 Å². The van der Waals surface area contributed by atoms with E-state index in [4.69, 9.17) is 21.1 Å². The average Bonchev–Trinajstić information content (AvgIpc) is 2.43. The average molecular weight is 300 g/mol. The molecular weight excluding hydrogens is 282 g/mol. The summed E-state index contributed by atoms with van der Waals surface area (Å²) in [6, 6.07) is 6.94. The quantitative estimate of drug-likeness (QED) is 0.590. The van der Waals surface area contributed by atoms with E-state index < -0.39 is 0 Å². The Morgan fingerprint density at radius 3 is 2.75 bits per heavy atom. The van der Waals surface area contributed by atoms with E-state index >= 15 is 0 Å². The monoisotopic (exact) mass is 299 g/mol. The van der Waals surface area contributed by atoms with Crippen molar-refractivity contribution in [3.8, 4) is 5.75 Å². The zero-order valence-electron chi connectivity index (χ0n) is 11.4. The second kappa shape index (κ2) is 9.20. The Hall–Kier alpha value is -1.75. The lowest BCUT2D eigenvalue weighted by Gasteiger charge is -2.08. The van der Waals surface area contributed by atoms with Crippen molar-refractivity contribution >= 4 is 23.5 Å². The Balaban J connectivity index is 2.15. The first-order chi connectivity index (χ1) is 9.63. The number of hydrogen-bond donors (Lipinski definition) is 1. The fourth-order valence-corrected chi connectivity index (χ4v) is 1.64. The van der Waals surface area contributed by atoms with Crippen LogP contribution in [0.3, 0.4) is 0 Å². The highest BCUT2D eigenvalue weighted by Gasteiger charge is 2.06. The lowest BCUT2D eigenvalue weighted by atomic mass is 10.3. The van der Waals surface area contributed by atoms with Gasteiger partial charge in [-0.1, -0.05) is 23.7 Å². The van der Waals surface area contributed by atoms with Crippen molar-refractivity contribution in [1.29, 1.82) is 0 Å². The molecule has 0 radical (unpaired) electrons. The molecule has 110 valence electrons. The minimum absolute atomic E-state index is 0.108. The van der Waals surface area contributed by atoms with Gasteiger partial charge in [0.2, 0.25) is 0 Å². The number of para-hydroxylation sites is 1. The highest BCUT2D eigenvalue weighted by Crippen LogP contribution is 2.22. The molecule has 1 rings (SSSR count). The van der Waals surface area contributed by atoms with Crippen molar-refractivity contribution in [2.24, 2.45) is 0 Å². The summed E-state index contributed by atoms with van der Waals surface area (Å²) in [6.45, 7) is 2.43. The number of nitrogens with one attached hydrogen (secondary N) is 1. The van der Waals surface area contributed by atoms with Crippen LogP contribution in [0.5, 0.6) is 5.75 Å². The van der Waals surface area contributed by atoms with E-state index in [1.807, 2.05) is 0 Å². The van der Waals surface area contributed by atoms with E-state index in [1.54, 1.807) is 31.2 Å². The SMILES string of the molecule is CCOC(=O)CCCNC(=O)COc1ccccc1Cl. The number of ether oxygens (including phenoxy) is 2. The van der Waals surface area contributed by atoms with Crippen molar-refractivity contribution in [3.63, 3.8) is 0 Å². The van der Waals surface area contributed by atoms with E-state index in [2.05, 4.69) is 5.32 Å². The zero-order valence-corrected chi connectivity index (χ0v) is 12.1. The van der Waals surface area contributed by atoms with Gasteiger partial charge in [-0.05, 0) is 25.5 Å². The van der Waals surface area contributed by atoms with E-state index in [1.165, 1.54) is 0 Å². The molecule has 0 saturated carbocycles. The van der Waals surface area contributed by atoms with Crippen LogP contribution in [0.25, 0.3) is 0 Å². The van der Waals surface area contributed by atoms with Gasteiger partial charge in [0, 0.05) is 13.0 Å². The number of halogens is 1. The number of carbonyl (C=O) groups excluding carboxylic acids is 2. The van der Waals surface area contributed by atoms with E-state index in [0.29, 0.717) is 36.8 Å². The van der Waals surface area contributed by atoms with Gasteiger partial charge in [-0.25, -0.2) is 0 Å². The van der Waals surface area contributed by atoms with Crippen molar-refractivity contribution < 1.29 is 19.1 Å². The van der Waals surface area contributed by atoms with E-state index in [-0.39, 0.29) is 18.5 Å². The Bertz CT molecular complexity index is 451. The smallest absolute Gasteiger partial charge is 0.305 e. The molecule has 0 atom stereocenters. The predicted molar refractivity (Wildman–Crippen MR) is 75.8 cm³/mol. The third-order valence-corrected chi connectivity index (χ3v) is 2.69. The van der Waals surface area contributed by atoms with Crippen LogP contribution in [0.1, 0.15) is 19.8 Å². The van der Waals surface area contributed by atoms with Crippen LogP contribution in [0.2, 0.25) is 5.02 Å². The third kappa shape index (κ3) is 6.43. The molecule has 5 nitrogen and oxygen atoms in total. The molecule has 0 fully saturated rings. The molecule has 1 aromatic rings. The lowest BCUT2D eigenvalue weighted by Crippen LogP contribution is -2.30. The van der Waals surface area contributed by atoms with Gasteiger partial charge in [-0.2, -0.15) is 0 Å².